The van der Waals surface area contributed by atoms with Crippen LogP contribution in [0, 0.1) is 0 Å². The molecular formula is C25H25NO4. The average Bonchev–Trinajstić information content (AvgIpc) is 3.02. The van der Waals surface area contributed by atoms with Gasteiger partial charge in [-0.3, -0.25) is 0 Å². The van der Waals surface area contributed by atoms with E-state index in [4.69, 9.17) is 9.47 Å². The smallest absolute Gasteiger partial charge is 0.336 e. The molecule has 0 saturated carbocycles. The molecule has 5 nitrogen and oxygen atoms in total. The molecule has 3 aromatic carbocycles. The van der Waals surface area contributed by atoms with Crippen LogP contribution in [0.25, 0.3) is 22.3 Å². The third-order valence-corrected chi connectivity index (χ3v) is 5.64. The highest BCUT2D eigenvalue weighted by molar-refractivity contribution is 6.04. The van der Waals surface area contributed by atoms with Crippen LogP contribution in [0.15, 0.2) is 54.6 Å². The predicted molar refractivity (Wildman–Crippen MR) is 118 cm³/mol. The standard InChI is InChI=1S/C25H25NO4/c1-29-21-9-5-3-7-18(21)20-15-16-11-13-26-14-12-17(16)24(25(27)28)23(20)19-8-4-6-10-22(19)30-2/h3-10,15,26H,11-14H2,1-2H3,(H,27,28). The zero-order chi connectivity index (χ0) is 21.1. The molecule has 1 aliphatic rings. The number of methoxy groups -OCH3 is 2. The molecule has 0 aliphatic carbocycles. The summed E-state index contributed by atoms with van der Waals surface area (Å²) >= 11 is 0. The second-order valence-electron chi connectivity index (χ2n) is 7.27. The fourth-order valence-electron chi connectivity index (χ4n) is 4.30. The van der Waals surface area contributed by atoms with Gasteiger partial charge in [-0.2, -0.15) is 0 Å². The number of carbonyl (C=O) groups is 1. The minimum atomic E-state index is -0.925. The van der Waals surface area contributed by atoms with Crippen molar-refractivity contribution in [1.29, 1.82) is 0 Å². The summed E-state index contributed by atoms with van der Waals surface area (Å²) in [6, 6.07) is 17.4. The summed E-state index contributed by atoms with van der Waals surface area (Å²) in [5.41, 5.74) is 5.45. The fraction of sp³-hybridized carbons (Fsp3) is 0.240. The van der Waals surface area contributed by atoms with Gasteiger partial charge in [0.05, 0.1) is 19.8 Å². The molecule has 0 amide bonds. The molecule has 0 aromatic heterocycles. The van der Waals surface area contributed by atoms with Crippen LogP contribution in [0.4, 0.5) is 0 Å². The molecule has 4 rings (SSSR count). The molecule has 154 valence electrons. The largest absolute Gasteiger partial charge is 0.496 e. The Bertz CT molecular complexity index is 1090. The van der Waals surface area contributed by atoms with Crippen molar-refractivity contribution in [2.24, 2.45) is 0 Å². The zero-order valence-corrected chi connectivity index (χ0v) is 17.2. The first-order valence-corrected chi connectivity index (χ1v) is 10.0. The summed E-state index contributed by atoms with van der Waals surface area (Å²) in [6.07, 6.45) is 1.45. The Hall–Kier alpha value is -3.31. The Balaban J connectivity index is 2.15. The number of carboxylic acid groups (broad SMARTS) is 1. The lowest BCUT2D eigenvalue weighted by atomic mass is 9.83. The van der Waals surface area contributed by atoms with E-state index in [1.807, 2.05) is 48.5 Å². The Kier molecular flexibility index (Phi) is 5.72. The molecule has 1 aliphatic heterocycles. The summed E-state index contributed by atoms with van der Waals surface area (Å²) in [5.74, 6) is 0.422. The Morgan fingerprint density at radius 2 is 1.47 bits per heavy atom. The Labute approximate surface area is 176 Å². The van der Waals surface area contributed by atoms with Crippen LogP contribution in [-0.4, -0.2) is 38.4 Å². The molecule has 0 atom stereocenters. The number of carboxylic acids is 1. The van der Waals surface area contributed by atoms with Gasteiger partial charge in [-0.05, 0) is 54.8 Å². The number of rotatable bonds is 5. The average molecular weight is 403 g/mol. The number of hydrogen-bond acceptors (Lipinski definition) is 4. The maximum atomic E-state index is 12.6. The molecule has 0 spiro atoms. The first-order valence-electron chi connectivity index (χ1n) is 10.0. The lowest BCUT2D eigenvalue weighted by molar-refractivity contribution is 0.0696. The number of benzene rings is 3. The molecule has 0 bridgehead atoms. The molecule has 0 unspecified atom stereocenters. The van der Waals surface area contributed by atoms with Crippen molar-refractivity contribution in [3.63, 3.8) is 0 Å². The minimum Gasteiger partial charge on any atom is -0.496 e. The van der Waals surface area contributed by atoms with Gasteiger partial charge in [-0.1, -0.05) is 42.5 Å². The van der Waals surface area contributed by atoms with Crippen LogP contribution in [0.5, 0.6) is 11.5 Å². The number of ether oxygens (including phenoxy) is 2. The van der Waals surface area contributed by atoms with Crippen LogP contribution in [0.2, 0.25) is 0 Å². The van der Waals surface area contributed by atoms with E-state index in [-0.39, 0.29) is 0 Å². The van der Waals surface area contributed by atoms with Crippen LogP contribution < -0.4 is 14.8 Å². The monoisotopic (exact) mass is 403 g/mol. The van der Waals surface area contributed by atoms with Crippen molar-refractivity contribution < 1.29 is 19.4 Å². The van der Waals surface area contributed by atoms with Gasteiger partial charge in [0.25, 0.3) is 0 Å². The van der Waals surface area contributed by atoms with Crippen LogP contribution in [-0.2, 0) is 12.8 Å². The second-order valence-corrected chi connectivity index (χ2v) is 7.27. The topological polar surface area (TPSA) is 67.8 Å². The zero-order valence-electron chi connectivity index (χ0n) is 17.2. The lowest BCUT2D eigenvalue weighted by Crippen LogP contribution is -2.16. The van der Waals surface area contributed by atoms with Crippen LogP contribution >= 0.6 is 0 Å². The summed E-state index contributed by atoms with van der Waals surface area (Å²) in [7, 11) is 3.24. The fourth-order valence-corrected chi connectivity index (χ4v) is 4.30. The van der Waals surface area contributed by atoms with Gasteiger partial charge >= 0.3 is 5.97 Å². The van der Waals surface area contributed by atoms with Crippen LogP contribution in [0.1, 0.15) is 21.5 Å². The van der Waals surface area contributed by atoms with Gasteiger partial charge in [0.15, 0.2) is 0 Å². The van der Waals surface area contributed by atoms with Crippen LogP contribution in [0.3, 0.4) is 0 Å². The predicted octanol–water partition coefficient (Wildman–Crippen LogP) is 4.42. The van der Waals surface area contributed by atoms with E-state index in [0.717, 1.165) is 47.3 Å². The molecule has 0 radical (unpaired) electrons. The Morgan fingerprint density at radius 1 is 0.867 bits per heavy atom. The molecule has 30 heavy (non-hydrogen) atoms. The molecule has 2 N–H and O–H groups in total. The highest BCUT2D eigenvalue weighted by atomic mass is 16.5. The summed E-state index contributed by atoms with van der Waals surface area (Å²) in [4.78, 5) is 12.6. The van der Waals surface area contributed by atoms with Crippen molar-refractivity contribution in [3.8, 4) is 33.8 Å². The first-order chi connectivity index (χ1) is 14.7. The maximum absolute atomic E-state index is 12.6. The minimum absolute atomic E-state index is 0.349. The number of aromatic carboxylic acids is 1. The lowest BCUT2D eigenvalue weighted by Gasteiger charge is -2.22. The quantitative estimate of drug-likeness (QED) is 0.660. The third kappa shape index (κ3) is 3.53. The van der Waals surface area contributed by atoms with E-state index >= 15 is 0 Å². The second kappa shape index (κ2) is 8.59. The normalized spacial score (nSPS) is 13.3. The number of nitrogens with one attached hydrogen (secondary N) is 1. The molecule has 5 heteroatoms. The highest BCUT2D eigenvalue weighted by Crippen LogP contribution is 2.45. The summed E-state index contributed by atoms with van der Waals surface area (Å²) in [5, 5.41) is 13.7. The summed E-state index contributed by atoms with van der Waals surface area (Å²) in [6.45, 7) is 1.58. The van der Waals surface area contributed by atoms with Gasteiger partial charge < -0.3 is 19.9 Å². The summed E-state index contributed by atoms with van der Waals surface area (Å²) < 4.78 is 11.2. The van der Waals surface area contributed by atoms with Gasteiger partial charge in [-0.25, -0.2) is 4.79 Å². The van der Waals surface area contributed by atoms with E-state index in [2.05, 4.69) is 11.4 Å². The van der Waals surface area contributed by atoms with Crippen molar-refractivity contribution in [3.05, 3.63) is 71.3 Å². The van der Waals surface area contributed by atoms with E-state index in [1.165, 1.54) is 0 Å². The van der Waals surface area contributed by atoms with Crippen molar-refractivity contribution in [1.82, 2.24) is 5.32 Å². The van der Waals surface area contributed by atoms with Crippen molar-refractivity contribution in [2.75, 3.05) is 27.3 Å². The molecule has 1 heterocycles. The molecular weight excluding hydrogens is 378 g/mol. The number of para-hydroxylation sites is 2. The van der Waals surface area contributed by atoms with E-state index in [9.17, 15) is 9.90 Å². The van der Waals surface area contributed by atoms with Gasteiger partial charge in [0, 0.05) is 16.7 Å². The van der Waals surface area contributed by atoms with E-state index in [0.29, 0.717) is 29.0 Å². The van der Waals surface area contributed by atoms with E-state index < -0.39 is 5.97 Å². The Morgan fingerprint density at radius 3 is 2.13 bits per heavy atom. The van der Waals surface area contributed by atoms with Gasteiger partial charge in [0.1, 0.15) is 11.5 Å². The number of hydrogen-bond donors (Lipinski definition) is 2. The first kappa shape index (κ1) is 20.0. The number of fused-ring (bicyclic) bond motifs is 1. The third-order valence-electron chi connectivity index (χ3n) is 5.64. The van der Waals surface area contributed by atoms with Crippen molar-refractivity contribution >= 4 is 5.97 Å². The van der Waals surface area contributed by atoms with Gasteiger partial charge in [-0.15, -0.1) is 0 Å². The van der Waals surface area contributed by atoms with Crippen molar-refractivity contribution in [2.45, 2.75) is 12.8 Å². The van der Waals surface area contributed by atoms with Gasteiger partial charge in [0.2, 0.25) is 0 Å². The van der Waals surface area contributed by atoms with E-state index in [1.54, 1.807) is 14.2 Å². The SMILES string of the molecule is COc1ccccc1-c1cc2c(c(C(=O)O)c1-c1ccccc1OC)CCNCC2. The molecule has 3 aromatic rings. The molecule has 0 fully saturated rings. The molecule has 0 saturated heterocycles. The maximum Gasteiger partial charge on any atom is 0.336 e. The highest BCUT2D eigenvalue weighted by Gasteiger charge is 2.27.